The van der Waals surface area contributed by atoms with E-state index in [1.54, 1.807) is 6.33 Å². The van der Waals surface area contributed by atoms with Gasteiger partial charge in [0, 0.05) is 24.5 Å². The van der Waals surface area contributed by atoms with Crippen molar-refractivity contribution >= 4 is 21.7 Å². The maximum atomic E-state index is 5.48. The van der Waals surface area contributed by atoms with E-state index in [1.165, 1.54) is 0 Å². The van der Waals surface area contributed by atoms with Crippen LogP contribution in [-0.4, -0.2) is 35.0 Å². The molecular formula is C12H20BrN3O. The van der Waals surface area contributed by atoms with Crippen LogP contribution < -0.4 is 9.64 Å². The number of hydrogen-bond acceptors (Lipinski definition) is 4. The lowest BCUT2D eigenvalue weighted by Crippen LogP contribution is -2.21. The third-order valence-corrected chi connectivity index (χ3v) is 2.79. The summed E-state index contributed by atoms with van der Waals surface area (Å²) in [4.78, 5) is 11.0. The normalized spacial score (nSPS) is 12.2. The molecule has 0 aliphatic rings. The minimum Gasteiger partial charge on any atom is -0.478 e. The van der Waals surface area contributed by atoms with Gasteiger partial charge in [0.2, 0.25) is 5.88 Å². The average Bonchev–Trinajstić information content (AvgIpc) is 2.33. The van der Waals surface area contributed by atoms with Crippen molar-refractivity contribution in [3.05, 3.63) is 12.4 Å². The SMILES string of the molecule is CCCOc1cc(N(C)CCC(C)Br)ncn1. The molecule has 1 unspecified atom stereocenters. The van der Waals surface area contributed by atoms with Crippen LogP contribution in [-0.2, 0) is 0 Å². The monoisotopic (exact) mass is 301 g/mol. The molecule has 0 radical (unpaired) electrons. The molecule has 0 amide bonds. The Kier molecular flexibility index (Phi) is 6.26. The molecular weight excluding hydrogens is 282 g/mol. The molecule has 1 aromatic rings. The number of nitrogens with zero attached hydrogens (tertiary/aromatic N) is 3. The molecule has 1 atom stereocenters. The van der Waals surface area contributed by atoms with Crippen molar-refractivity contribution in [3.63, 3.8) is 0 Å². The average molecular weight is 302 g/mol. The quantitative estimate of drug-likeness (QED) is 0.726. The van der Waals surface area contributed by atoms with E-state index < -0.39 is 0 Å². The van der Waals surface area contributed by atoms with Crippen LogP contribution in [0.15, 0.2) is 12.4 Å². The summed E-state index contributed by atoms with van der Waals surface area (Å²) < 4.78 is 5.48. The molecule has 17 heavy (non-hydrogen) atoms. The molecule has 0 spiro atoms. The van der Waals surface area contributed by atoms with E-state index in [9.17, 15) is 0 Å². The zero-order valence-electron chi connectivity index (χ0n) is 10.7. The summed E-state index contributed by atoms with van der Waals surface area (Å²) >= 11 is 3.54. The minimum absolute atomic E-state index is 0.516. The smallest absolute Gasteiger partial charge is 0.218 e. The van der Waals surface area contributed by atoms with Gasteiger partial charge in [-0.25, -0.2) is 9.97 Å². The molecule has 1 rings (SSSR count). The lowest BCUT2D eigenvalue weighted by Gasteiger charge is -2.19. The zero-order chi connectivity index (χ0) is 12.7. The van der Waals surface area contributed by atoms with Gasteiger partial charge in [0.15, 0.2) is 0 Å². The summed E-state index contributed by atoms with van der Waals surface area (Å²) in [6, 6.07) is 1.88. The highest BCUT2D eigenvalue weighted by Crippen LogP contribution is 2.15. The van der Waals surface area contributed by atoms with Crippen LogP contribution >= 0.6 is 15.9 Å². The second-order valence-electron chi connectivity index (χ2n) is 4.05. The van der Waals surface area contributed by atoms with E-state index >= 15 is 0 Å². The van der Waals surface area contributed by atoms with Crippen LogP contribution in [0.2, 0.25) is 0 Å². The molecule has 0 bridgehead atoms. The van der Waals surface area contributed by atoms with Crippen molar-refractivity contribution in [1.82, 2.24) is 9.97 Å². The molecule has 0 fully saturated rings. The molecule has 1 aromatic heterocycles. The number of hydrogen-bond donors (Lipinski definition) is 0. The zero-order valence-corrected chi connectivity index (χ0v) is 12.3. The molecule has 0 aromatic carbocycles. The number of ether oxygens (including phenoxy) is 1. The molecule has 0 saturated carbocycles. The first kappa shape index (κ1) is 14.2. The topological polar surface area (TPSA) is 38.2 Å². The van der Waals surface area contributed by atoms with Crippen LogP contribution in [0.5, 0.6) is 5.88 Å². The predicted molar refractivity (Wildman–Crippen MR) is 74.1 cm³/mol. The molecule has 5 heteroatoms. The Morgan fingerprint density at radius 1 is 1.47 bits per heavy atom. The fourth-order valence-electron chi connectivity index (χ4n) is 1.31. The van der Waals surface area contributed by atoms with Gasteiger partial charge in [-0.1, -0.05) is 29.8 Å². The standard InChI is InChI=1S/C12H20BrN3O/c1-4-7-17-12-8-11(14-9-15-12)16(3)6-5-10(2)13/h8-10H,4-7H2,1-3H3. The van der Waals surface area contributed by atoms with Gasteiger partial charge in [0.05, 0.1) is 6.61 Å². The van der Waals surface area contributed by atoms with Gasteiger partial charge in [0.25, 0.3) is 0 Å². The van der Waals surface area contributed by atoms with E-state index in [2.05, 4.69) is 44.6 Å². The molecule has 0 aliphatic heterocycles. The second kappa shape index (κ2) is 7.48. The van der Waals surface area contributed by atoms with E-state index in [1.807, 2.05) is 13.1 Å². The third-order valence-electron chi connectivity index (χ3n) is 2.34. The molecule has 4 nitrogen and oxygen atoms in total. The van der Waals surface area contributed by atoms with E-state index in [-0.39, 0.29) is 0 Å². The summed E-state index contributed by atoms with van der Waals surface area (Å²) in [5, 5.41) is 0. The van der Waals surface area contributed by atoms with Gasteiger partial charge >= 0.3 is 0 Å². The highest BCUT2D eigenvalue weighted by atomic mass is 79.9. The number of alkyl halides is 1. The van der Waals surface area contributed by atoms with Crippen LogP contribution in [0.3, 0.4) is 0 Å². The van der Waals surface area contributed by atoms with Crippen molar-refractivity contribution in [3.8, 4) is 5.88 Å². The van der Waals surface area contributed by atoms with Crippen LogP contribution in [0.4, 0.5) is 5.82 Å². The first-order valence-electron chi connectivity index (χ1n) is 5.93. The van der Waals surface area contributed by atoms with Crippen molar-refractivity contribution in [2.75, 3.05) is 25.1 Å². The lowest BCUT2D eigenvalue weighted by molar-refractivity contribution is 0.304. The Hall–Kier alpha value is -0.840. The van der Waals surface area contributed by atoms with Gasteiger partial charge < -0.3 is 9.64 Å². The fraction of sp³-hybridized carbons (Fsp3) is 0.667. The van der Waals surface area contributed by atoms with Gasteiger partial charge in [-0.05, 0) is 12.8 Å². The van der Waals surface area contributed by atoms with Crippen molar-refractivity contribution < 1.29 is 4.74 Å². The summed E-state index contributed by atoms with van der Waals surface area (Å²) in [7, 11) is 2.03. The summed E-state index contributed by atoms with van der Waals surface area (Å²) in [6.45, 7) is 5.87. The summed E-state index contributed by atoms with van der Waals surface area (Å²) in [5.74, 6) is 1.55. The predicted octanol–water partition coefficient (Wildman–Crippen LogP) is 2.88. The van der Waals surface area contributed by atoms with Crippen molar-refractivity contribution in [1.29, 1.82) is 0 Å². The highest BCUT2D eigenvalue weighted by molar-refractivity contribution is 9.09. The Labute approximate surface area is 112 Å². The molecule has 0 N–H and O–H groups in total. The van der Waals surface area contributed by atoms with Crippen molar-refractivity contribution in [2.45, 2.75) is 31.5 Å². The largest absolute Gasteiger partial charge is 0.478 e. The van der Waals surface area contributed by atoms with Gasteiger partial charge in [0.1, 0.15) is 12.1 Å². The molecule has 96 valence electrons. The number of halogens is 1. The maximum absolute atomic E-state index is 5.48. The first-order valence-corrected chi connectivity index (χ1v) is 6.85. The fourth-order valence-corrected chi connectivity index (χ4v) is 1.52. The molecule has 0 aliphatic carbocycles. The summed E-state index contributed by atoms with van der Waals surface area (Å²) in [5.41, 5.74) is 0. The molecule has 1 heterocycles. The maximum Gasteiger partial charge on any atom is 0.218 e. The number of aromatic nitrogens is 2. The van der Waals surface area contributed by atoms with Gasteiger partial charge in [-0.2, -0.15) is 0 Å². The Morgan fingerprint density at radius 3 is 2.88 bits per heavy atom. The molecule has 0 saturated heterocycles. The van der Waals surface area contributed by atoms with Gasteiger partial charge in [-0.15, -0.1) is 0 Å². The third kappa shape index (κ3) is 5.35. The van der Waals surface area contributed by atoms with Crippen LogP contribution in [0, 0.1) is 0 Å². The Balaban J connectivity index is 2.57. The van der Waals surface area contributed by atoms with E-state index in [0.717, 1.165) is 25.2 Å². The number of rotatable bonds is 7. The Bertz CT molecular complexity index is 333. The van der Waals surface area contributed by atoms with Crippen LogP contribution in [0.1, 0.15) is 26.7 Å². The van der Waals surface area contributed by atoms with Crippen molar-refractivity contribution in [2.24, 2.45) is 0 Å². The Morgan fingerprint density at radius 2 is 2.24 bits per heavy atom. The highest BCUT2D eigenvalue weighted by Gasteiger charge is 2.06. The number of anilines is 1. The lowest BCUT2D eigenvalue weighted by atomic mass is 10.3. The van der Waals surface area contributed by atoms with E-state index in [0.29, 0.717) is 17.3 Å². The van der Waals surface area contributed by atoms with Crippen LogP contribution in [0.25, 0.3) is 0 Å². The van der Waals surface area contributed by atoms with Gasteiger partial charge in [-0.3, -0.25) is 0 Å². The second-order valence-corrected chi connectivity index (χ2v) is 5.62. The first-order chi connectivity index (χ1) is 8.13. The summed E-state index contributed by atoms with van der Waals surface area (Å²) in [6.07, 6.45) is 3.61. The minimum atomic E-state index is 0.516. The van der Waals surface area contributed by atoms with E-state index in [4.69, 9.17) is 4.74 Å².